The van der Waals surface area contributed by atoms with E-state index in [0.717, 1.165) is 48.0 Å². The van der Waals surface area contributed by atoms with E-state index in [4.69, 9.17) is 9.97 Å². The maximum atomic E-state index is 13.4. The number of rotatable bonds is 7. The number of carboxylic acid groups (broad SMARTS) is 1. The second-order valence-corrected chi connectivity index (χ2v) is 13.1. The molecule has 7 nitrogen and oxygen atoms in total. The molecule has 0 unspecified atom stereocenters. The van der Waals surface area contributed by atoms with Crippen LogP contribution in [-0.2, 0) is 22.2 Å². The van der Waals surface area contributed by atoms with Gasteiger partial charge >= 0.3 is 5.97 Å². The number of aromatic nitrogens is 3. The number of nitrogens with one attached hydrogen (secondary N) is 1. The lowest BCUT2D eigenvalue weighted by molar-refractivity contribution is -0.145. The van der Waals surface area contributed by atoms with Gasteiger partial charge in [0.05, 0.1) is 28.6 Å². The van der Waals surface area contributed by atoms with E-state index in [9.17, 15) is 14.7 Å². The third kappa shape index (κ3) is 5.32. The van der Waals surface area contributed by atoms with Gasteiger partial charge in [-0.3, -0.25) is 9.59 Å². The van der Waals surface area contributed by atoms with E-state index in [0.29, 0.717) is 24.3 Å². The van der Waals surface area contributed by atoms with E-state index in [1.54, 1.807) is 0 Å². The van der Waals surface area contributed by atoms with Crippen LogP contribution in [0.2, 0.25) is 0 Å². The van der Waals surface area contributed by atoms with Gasteiger partial charge in [-0.05, 0) is 63.5 Å². The number of carboxylic acids is 1. The molecule has 0 spiro atoms. The van der Waals surface area contributed by atoms with Crippen LogP contribution >= 0.6 is 0 Å². The van der Waals surface area contributed by atoms with Crippen molar-refractivity contribution in [3.8, 4) is 11.4 Å². The molecule has 3 fully saturated rings. The van der Waals surface area contributed by atoms with E-state index in [1.165, 1.54) is 32.1 Å². The Balaban J connectivity index is 1.52. The smallest absolute Gasteiger partial charge is 0.306 e. The zero-order chi connectivity index (χ0) is 26.5. The standard InChI is InChI=1S/C30H42N4O3/c1-18-22(26(35)31-21-13-20(14-21)27(36)37)15-24(34(18)17-19-9-7-6-8-10-19)23-16-25(30(5)11-12-30)33-28(32-23)29(2,3)4/h15-16,19-21H,6-14,17H2,1-5H3,(H,31,35)(H,36,37). The van der Waals surface area contributed by atoms with Gasteiger partial charge in [-0.15, -0.1) is 0 Å². The summed E-state index contributed by atoms with van der Waals surface area (Å²) in [6.07, 6.45) is 9.56. The van der Waals surface area contributed by atoms with Crippen LogP contribution < -0.4 is 5.32 Å². The molecule has 0 radical (unpaired) electrons. The van der Waals surface area contributed by atoms with Crippen molar-refractivity contribution >= 4 is 11.9 Å². The molecule has 0 aromatic carbocycles. The third-order valence-electron chi connectivity index (χ3n) is 8.88. The number of aliphatic carboxylic acids is 1. The minimum atomic E-state index is -0.777. The van der Waals surface area contributed by atoms with Gasteiger partial charge in [0, 0.05) is 29.1 Å². The minimum Gasteiger partial charge on any atom is -0.481 e. The summed E-state index contributed by atoms with van der Waals surface area (Å²) in [5.41, 5.74) is 4.54. The summed E-state index contributed by atoms with van der Waals surface area (Å²) >= 11 is 0. The third-order valence-corrected chi connectivity index (χ3v) is 8.88. The van der Waals surface area contributed by atoms with Gasteiger partial charge in [0.1, 0.15) is 5.82 Å². The summed E-state index contributed by atoms with van der Waals surface area (Å²) in [7, 11) is 0. The molecular weight excluding hydrogens is 464 g/mol. The van der Waals surface area contributed by atoms with Crippen LogP contribution in [0, 0.1) is 18.8 Å². The summed E-state index contributed by atoms with van der Waals surface area (Å²) in [4.78, 5) is 34.7. The second kappa shape index (κ2) is 9.55. The Hall–Kier alpha value is -2.70. The highest BCUT2D eigenvalue weighted by atomic mass is 16.4. The average molecular weight is 507 g/mol. The SMILES string of the molecule is Cc1c(C(=O)NC2CC(C(=O)O)C2)cc(-c2cc(C3(C)CC3)nc(C(C)(C)C)n2)n1CC1CCCCC1. The van der Waals surface area contributed by atoms with Crippen molar-refractivity contribution in [1.82, 2.24) is 19.9 Å². The molecular formula is C30H42N4O3. The molecule has 5 rings (SSSR count). The first-order valence-electron chi connectivity index (χ1n) is 14.1. The van der Waals surface area contributed by atoms with Crippen LogP contribution in [0.5, 0.6) is 0 Å². The molecule has 0 aliphatic heterocycles. The Morgan fingerprint density at radius 3 is 2.38 bits per heavy atom. The Labute approximate surface area is 220 Å². The molecule has 3 saturated carbocycles. The van der Waals surface area contributed by atoms with Crippen molar-refractivity contribution in [3.05, 3.63) is 34.9 Å². The van der Waals surface area contributed by atoms with Crippen LogP contribution in [0.25, 0.3) is 11.4 Å². The molecule has 7 heteroatoms. The zero-order valence-electron chi connectivity index (χ0n) is 23.1. The second-order valence-electron chi connectivity index (χ2n) is 13.1. The lowest BCUT2D eigenvalue weighted by atomic mass is 9.80. The first kappa shape index (κ1) is 25.9. The van der Waals surface area contributed by atoms with Crippen molar-refractivity contribution < 1.29 is 14.7 Å². The molecule has 2 heterocycles. The summed E-state index contributed by atoms with van der Waals surface area (Å²) in [6, 6.07) is 4.08. The van der Waals surface area contributed by atoms with Gasteiger partial charge in [-0.2, -0.15) is 0 Å². The van der Waals surface area contributed by atoms with Crippen LogP contribution in [0.15, 0.2) is 12.1 Å². The monoisotopic (exact) mass is 506 g/mol. The van der Waals surface area contributed by atoms with Crippen LogP contribution in [-0.4, -0.2) is 37.6 Å². The Morgan fingerprint density at radius 2 is 1.78 bits per heavy atom. The van der Waals surface area contributed by atoms with Gasteiger partial charge < -0.3 is 15.0 Å². The average Bonchev–Trinajstić information content (AvgIpc) is 3.50. The van der Waals surface area contributed by atoms with E-state index >= 15 is 0 Å². The van der Waals surface area contributed by atoms with E-state index < -0.39 is 5.97 Å². The van der Waals surface area contributed by atoms with Gasteiger partial charge in [0.25, 0.3) is 5.91 Å². The van der Waals surface area contributed by atoms with E-state index in [1.807, 2.05) is 13.0 Å². The summed E-state index contributed by atoms with van der Waals surface area (Å²) in [5.74, 6) is 0.200. The fourth-order valence-corrected chi connectivity index (χ4v) is 5.82. The van der Waals surface area contributed by atoms with Gasteiger partial charge in [-0.25, -0.2) is 9.97 Å². The number of nitrogens with zero attached hydrogens (tertiary/aromatic N) is 3. The number of hydrogen-bond acceptors (Lipinski definition) is 4. The lowest BCUT2D eigenvalue weighted by Crippen LogP contribution is -2.46. The van der Waals surface area contributed by atoms with Crippen LogP contribution in [0.3, 0.4) is 0 Å². The molecule has 2 aromatic heterocycles. The van der Waals surface area contributed by atoms with Gasteiger partial charge in [0.15, 0.2) is 0 Å². The zero-order valence-corrected chi connectivity index (χ0v) is 23.1. The predicted molar refractivity (Wildman–Crippen MR) is 144 cm³/mol. The summed E-state index contributed by atoms with van der Waals surface area (Å²) in [6.45, 7) is 11.7. The van der Waals surface area contributed by atoms with Crippen molar-refractivity contribution in [2.45, 2.75) is 116 Å². The fourth-order valence-electron chi connectivity index (χ4n) is 5.82. The first-order valence-corrected chi connectivity index (χ1v) is 14.1. The quantitative estimate of drug-likeness (QED) is 0.496. The van der Waals surface area contributed by atoms with E-state index in [-0.39, 0.29) is 28.7 Å². The Morgan fingerprint density at radius 1 is 1.11 bits per heavy atom. The molecule has 3 aliphatic rings. The molecule has 0 saturated heterocycles. The Bertz CT molecular complexity index is 1170. The van der Waals surface area contributed by atoms with E-state index in [2.05, 4.69) is 43.6 Å². The van der Waals surface area contributed by atoms with Crippen LogP contribution in [0.4, 0.5) is 0 Å². The highest BCUT2D eigenvalue weighted by molar-refractivity contribution is 5.97. The number of amides is 1. The highest BCUT2D eigenvalue weighted by Gasteiger charge is 2.42. The molecule has 200 valence electrons. The highest BCUT2D eigenvalue weighted by Crippen LogP contribution is 2.47. The number of carbonyl (C=O) groups is 2. The fraction of sp³-hybridized carbons (Fsp3) is 0.667. The van der Waals surface area contributed by atoms with Gasteiger partial charge in [0.2, 0.25) is 0 Å². The summed E-state index contributed by atoms with van der Waals surface area (Å²) in [5, 5.41) is 12.3. The Kier molecular flexibility index (Phi) is 6.70. The topological polar surface area (TPSA) is 97.1 Å². The van der Waals surface area contributed by atoms with Crippen molar-refractivity contribution in [2.75, 3.05) is 0 Å². The normalized spacial score (nSPS) is 23.4. The molecule has 0 bridgehead atoms. The summed E-state index contributed by atoms with van der Waals surface area (Å²) < 4.78 is 2.32. The molecule has 1 amide bonds. The predicted octanol–water partition coefficient (Wildman–Crippen LogP) is 5.78. The van der Waals surface area contributed by atoms with Crippen molar-refractivity contribution in [2.24, 2.45) is 11.8 Å². The van der Waals surface area contributed by atoms with Crippen molar-refractivity contribution in [3.63, 3.8) is 0 Å². The molecule has 0 atom stereocenters. The number of hydrogen-bond donors (Lipinski definition) is 2. The minimum absolute atomic E-state index is 0.0777. The van der Waals surface area contributed by atoms with Crippen LogP contribution in [0.1, 0.15) is 113 Å². The molecule has 37 heavy (non-hydrogen) atoms. The number of carbonyl (C=O) groups excluding carboxylic acids is 1. The molecule has 3 aliphatic carbocycles. The molecule has 2 aromatic rings. The largest absolute Gasteiger partial charge is 0.481 e. The maximum absolute atomic E-state index is 13.4. The first-order chi connectivity index (χ1) is 17.4. The van der Waals surface area contributed by atoms with Gasteiger partial charge in [-0.1, -0.05) is 47.0 Å². The van der Waals surface area contributed by atoms with Crippen molar-refractivity contribution in [1.29, 1.82) is 0 Å². The maximum Gasteiger partial charge on any atom is 0.306 e. The molecule has 2 N–H and O–H groups in total. The lowest BCUT2D eigenvalue weighted by Gasteiger charge is -2.32.